The molecule has 144 valence electrons. The minimum Gasteiger partial charge on any atom is -0.372 e. The summed E-state index contributed by atoms with van der Waals surface area (Å²) in [4.78, 5) is 11.3. The Hall–Kier alpha value is -3.15. The summed E-state index contributed by atoms with van der Waals surface area (Å²) in [7, 11) is 0. The van der Waals surface area contributed by atoms with Crippen molar-refractivity contribution in [2.75, 3.05) is 28.6 Å². The molecule has 2 N–H and O–H groups in total. The number of hydrogen-bond acceptors (Lipinski definition) is 5. The molecule has 28 heavy (non-hydrogen) atoms. The van der Waals surface area contributed by atoms with E-state index in [1.807, 2.05) is 19.1 Å². The minimum absolute atomic E-state index is 0.237. The average molecular weight is 377 g/mol. The van der Waals surface area contributed by atoms with E-state index in [0.29, 0.717) is 23.9 Å². The summed E-state index contributed by atoms with van der Waals surface area (Å²) in [5.74, 6) is 0.941. The maximum atomic E-state index is 13.8. The van der Waals surface area contributed by atoms with Crippen molar-refractivity contribution >= 4 is 23.1 Å². The lowest BCUT2D eigenvalue weighted by molar-refractivity contribution is 0.612. The molecule has 1 saturated heterocycles. The predicted octanol–water partition coefficient (Wildman–Crippen LogP) is 4.88. The first-order valence-electron chi connectivity index (χ1n) is 9.62. The molecule has 0 spiro atoms. The van der Waals surface area contributed by atoms with Crippen molar-refractivity contribution in [2.24, 2.45) is 0 Å². The Morgan fingerprint density at radius 1 is 1.00 bits per heavy atom. The van der Waals surface area contributed by atoms with Gasteiger partial charge in [-0.2, -0.15) is 4.98 Å². The van der Waals surface area contributed by atoms with Crippen LogP contribution < -0.4 is 15.5 Å². The maximum absolute atomic E-state index is 13.8. The molecule has 0 saturated carbocycles. The molecule has 0 unspecified atom stereocenters. The predicted molar refractivity (Wildman–Crippen MR) is 112 cm³/mol. The Balaban J connectivity index is 1.44. The summed E-state index contributed by atoms with van der Waals surface area (Å²) < 4.78 is 13.8. The zero-order chi connectivity index (χ0) is 19.3. The molecule has 6 heteroatoms. The van der Waals surface area contributed by atoms with Gasteiger partial charge in [0, 0.05) is 48.3 Å². The average Bonchev–Trinajstić information content (AvgIpc) is 3.22. The molecule has 4 rings (SSSR count). The van der Waals surface area contributed by atoms with E-state index in [2.05, 4.69) is 49.8 Å². The van der Waals surface area contributed by atoms with E-state index in [0.717, 1.165) is 24.5 Å². The van der Waals surface area contributed by atoms with Gasteiger partial charge in [-0.1, -0.05) is 18.2 Å². The van der Waals surface area contributed by atoms with Crippen LogP contribution in [0.2, 0.25) is 0 Å². The summed E-state index contributed by atoms with van der Waals surface area (Å²) >= 11 is 0. The number of anilines is 4. The third-order valence-electron chi connectivity index (χ3n) is 4.86. The van der Waals surface area contributed by atoms with Crippen LogP contribution in [0.25, 0.3) is 0 Å². The molecule has 0 aliphatic carbocycles. The Bertz CT molecular complexity index is 936. The van der Waals surface area contributed by atoms with Gasteiger partial charge in [0.05, 0.1) is 0 Å². The van der Waals surface area contributed by atoms with E-state index < -0.39 is 0 Å². The molecule has 5 nitrogen and oxygen atoms in total. The zero-order valence-electron chi connectivity index (χ0n) is 16.0. The fraction of sp³-hybridized carbons (Fsp3) is 0.273. The van der Waals surface area contributed by atoms with Gasteiger partial charge in [-0.05, 0) is 50.1 Å². The quantitative estimate of drug-likeness (QED) is 0.641. The van der Waals surface area contributed by atoms with Crippen LogP contribution in [0.5, 0.6) is 0 Å². The third-order valence-corrected chi connectivity index (χ3v) is 4.86. The summed E-state index contributed by atoms with van der Waals surface area (Å²) in [6, 6.07) is 17.0. The summed E-state index contributed by atoms with van der Waals surface area (Å²) in [6.45, 7) is 4.52. The molecule has 2 heterocycles. The van der Waals surface area contributed by atoms with Crippen molar-refractivity contribution in [2.45, 2.75) is 26.3 Å². The molecule has 0 radical (unpaired) electrons. The van der Waals surface area contributed by atoms with Crippen LogP contribution in [0.1, 0.15) is 24.1 Å². The van der Waals surface area contributed by atoms with Crippen molar-refractivity contribution < 1.29 is 4.39 Å². The minimum atomic E-state index is -0.237. The van der Waals surface area contributed by atoms with Gasteiger partial charge in [0.2, 0.25) is 5.95 Å². The topological polar surface area (TPSA) is 53.1 Å². The number of aromatic nitrogens is 2. The molecule has 2 aromatic carbocycles. The highest BCUT2D eigenvalue weighted by Gasteiger charge is 2.12. The lowest BCUT2D eigenvalue weighted by Crippen LogP contribution is -2.17. The van der Waals surface area contributed by atoms with Gasteiger partial charge in [-0.15, -0.1) is 0 Å². The Labute approximate surface area is 164 Å². The first kappa shape index (κ1) is 18.2. The molecular formula is C22H24FN5. The van der Waals surface area contributed by atoms with E-state index in [4.69, 9.17) is 0 Å². The highest BCUT2D eigenvalue weighted by molar-refractivity contribution is 5.61. The Morgan fingerprint density at radius 2 is 1.75 bits per heavy atom. The van der Waals surface area contributed by atoms with E-state index >= 15 is 0 Å². The molecule has 1 fully saturated rings. The van der Waals surface area contributed by atoms with Crippen LogP contribution in [0, 0.1) is 12.7 Å². The second-order valence-electron chi connectivity index (χ2n) is 7.03. The highest BCUT2D eigenvalue weighted by atomic mass is 19.1. The summed E-state index contributed by atoms with van der Waals surface area (Å²) in [5.41, 5.74) is 3.65. The number of rotatable bonds is 6. The van der Waals surface area contributed by atoms with Gasteiger partial charge in [0.25, 0.3) is 0 Å². The molecular weight excluding hydrogens is 353 g/mol. The first-order chi connectivity index (χ1) is 13.7. The number of halogens is 1. The number of nitrogens with zero attached hydrogens (tertiary/aromatic N) is 3. The molecule has 3 aromatic rings. The normalized spacial score (nSPS) is 13.6. The fourth-order valence-corrected chi connectivity index (χ4v) is 3.41. The SMILES string of the molecule is Cc1cc(Nc2ccc(N3CCCC3)cc2)nc(NCc2ccccc2F)n1. The van der Waals surface area contributed by atoms with E-state index in [1.165, 1.54) is 24.6 Å². The monoisotopic (exact) mass is 377 g/mol. The van der Waals surface area contributed by atoms with Crippen molar-refractivity contribution in [3.05, 3.63) is 71.7 Å². The lowest BCUT2D eigenvalue weighted by atomic mass is 10.2. The maximum Gasteiger partial charge on any atom is 0.225 e. The highest BCUT2D eigenvalue weighted by Crippen LogP contribution is 2.24. The second-order valence-corrected chi connectivity index (χ2v) is 7.03. The van der Waals surface area contributed by atoms with Crippen LogP contribution >= 0.6 is 0 Å². The zero-order valence-corrected chi connectivity index (χ0v) is 16.0. The Kier molecular flexibility index (Phi) is 5.37. The molecule has 1 aliphatic rings. The molecule has 0 atom stereocenters. The van der Waals surface area contributed by atoms with Crippen molar-refractivity contribution in [3.63, 3.8) is 0 Å². The molecule has 0 bridgehead atoms. The number of hydrogen-bond donors (Lipinski definition) is 2. The second kappa shape index (κ2) is 8.25. The van der Waals surface area contributed by atoms with E-state index in [1.54, 1.807) is 12.1 Å². The van der Waals surface area contributed by atoms with Crippen LogP contribution in [0.3, 0.4) is 0 Å². The number of nitrogens with one attached hydrogen (secondary N) is 2. The number of aryl methyl sites for hydroxylation is 1. The lowest BCUT2D eigenvalue weighted by Gasteiger charge is -2.18. The van der Waals surface area contributed by atoms with Crippen molar-refractivity contribution in [1.29, 1.82) is 0 Å². The van der Waals surface area contributed by atoms with Crippen LogP contribution in [0.4, 0.5) is 27.5 Å². The molecule has 1 aromatic heterocycles. The summed E-state index contributed by atoms with van der Waals surface area (Å²) in [6.07, 6.45) is 2.53. The van der Waals surface area contributed by atoms with Gasteiger partial charge in [-0.25, -0.2) is 9.37 Å². The number of benzene rings is 2. The van der Waals surface area contributed by atoms with Crippen LogP contribution in [-0.4, -0.2) is 23.1 Å². The van der Waals surface area contributed by atoms with Gasteiger partial charge in [-0.3, -0.25) is 0 Å². The van der Waals surface area contributed by atoms with Crippen LogP contribution in [0.15, 0.2) is 54.6 Å². The van der Waals surface area contributed by atoms with Crippen LogP contribution in [-0.2, 0) is 6.54 Å². The summed E-state index contributed by atoms with van der Waals surface area (Å²) in [5, 5.41) is 6.43. The Morgan fingerprint density at radius 3 is 2.50 bits per heavy atom. The largest absolute Gasteiger partial charge is 0.372 e. The third kappa shape index (κ3) is 4.39. The first-order valence-corrected chi connectivity index (χ1v) is 9.62. The smallest absolute Gasteiger partial charge is 0.225 e. The standard InChI is InChI=1S/C22H24FN5/c1-16-14-21(26-18-8-10-19(11-9-18)28-12-4-5-13-28)27-22(25-16)24-15-17-6-2-3-7-20(17)23/h2-3,6-11,14H,4-5,12-13,15H2,1H3,(H2,24,25,26,27). The van der Waals surface area contributed by atoms with Crippen molar-refractivity contribution in [3.8, 4) is 0 Å². The fourth-order valence-electron chi connectivity index (χ4n) is 3.41. The molecule has 0 amide bonds. The molecule has 1 aliphatic heterocycles. The van der Waals surface area contributed by atoms with Gasteiger partial charge < -0.3 is 15.5 Å². The van der Waals surface area contributed by atoms with Gasteiger partial charge >= 0.3 is 0 Å². The van der Waals surface area contributed by atoms with E-state index in [9.17, 15) is 4.39 Å². The van der Waals surface area contributed by atoms with Gasteiger partial charge in [0.1, 0.15) is 11.6 Å². The van der Waals surface area contributed by atoms with Crippen molar-refractivity contribution in [1.82, 2.24) is 9.97 Å². The van der Waals surface area contributed by atoms with Gasteiger partial charge in [0.15, 0.2) is 0 Å². The van der Waals surface area contributed by atoms with E-state index in [-0.39, 0.29) is 5.82 Å².